The zero-order chi connectivity index (χ0) is 22.5. The Kier molecular flexibility index (Phi) is 6.30. The number of nitrogens with zero attached hydrogens (tertiary/aromatic N) is 2. The molecule has 8 heteroatoms. The molecule has 0 saturated carbocycles. The predicted molar refractivity (Wildman–Crippen MR) is 119 cm³/mol. The van der Waals surface area contributed by atoms with Crippen LogP contribution in [0.2, 0.25) is 0 Å². The van der Waals surface area contributed by atoms with Crippen LogP contribution in [0.15, 0.2) is 54.9 Å². The molecule has 1 N–H and O–H groups in total. The van der Waals surface area contributed by atoms with Crippen molar-refractivity contribution in [3.8, 4) is 23.0 Å². The molecule has 1 unspecified atom stereocenters. The lowest BCUT2D eigenvalue weighted by Crippen LogP contribution is -2.29. The van der Waals surface area contributed by atoms with Crippen molar-refractivity contribution in [2.24, 2.45) is 7.05 Å². The van der Waals surface area contributed by atoms with Gasteiger partial charge in [0.15, 0.2) is 11.5 Å². The number of aromatic nitrogens is 2. The molecule has 2 heterocycles. The first-order valence-electron chi connectivity index (χ1n) is 10.2. The van der Waals surface area contributed by atoms with Gasteiger partial charge >= 0.3 is 0 Å². The average molecular weight is 435 g/mol. The number of methoxy groups -OCH3 is 2. The van der Waals surface area contributed by atoms with Gasteiger partial charge in [-0.05, 0) is 41.5 Å². The van der Waals surface area contributed by atoms with E-state index in [1.165, 1.54) is 6.08 Å². The van der Waals surface area contributed by atoms with Gasteiger partial charge in [0.25, 0.3) is 0 Å². The van der Waals surface area contributed by atoms with Crippen LogP contribution in [0.25, 0.3) is 6.08 Å². The normalized spacial score (nSPS) is 13.6. The molecule has 4 rings (SSSR count). The van der Waals surface area contributed by atoms with Crippen LogP contribution in [0.3, 0.4) is 0 Å². The fourth-order valence-corrected chi connectivity index (χ4v) is 3.50. The van der Waals surface area contributed by atoms with Gasteiger partial charge < -0.3 is 28.8 Å². The van der Waals surface area contributed by atoms with E-state index >= 15 is 0 Å². The van der Waals surface area contributed by atoms with Crippen LogP contribution in [0.5, 0.6) is 23.0 Å². The summed E-state index contributed by atoms with van der Waals surface area (Å²) in [5.41, 5.74) is 1.65. The molecule has 32 heavy (non-hydrogen) atoms. The number of rotatable bonds is 7. The SMILES string of the molecule is COc1ccc(C(NC(=O)/C=C/c2cc(OC)c3c(c2)OCCO3)c2nccn2C)cc1. The maximum atomic E-state index is 12.8. The molecular weight excluding hydrogens is 410 g/mol. The summed E-state index contributed by atoms with van der Waals surface area (Å²) in [6.07, 6.45) is 6.73. The molecule has 0 spiro atoms. The molecule has 0 radical (unpaired) electrons. The van der Waals surface area contributed by atoms with Crippen LogP contribution in [0.1, 0.15) is 23.0 Å². The highest BCUT2D eigenvalue weighted by Crippen LogP contribution is 2.40. The van der Waals surface area contributed by atoms with E-state index in [0.717, 1.165) is 22.7 Å². The highest BCUT2D eigenvalue weighted by atomic mass is 16.6. The molecule has 1 aliphatic rings. The standard InChI is InChI=1S/C24H25N3O5/c1-27-11-10-25-24(27)22(17-5-7-18(29-2)8-6-17)26-21(28)9-4-16-14-19(30-3)23-20(15-16)31-12-13-32-23/h4-11,14-15,22H,12-13H2,1-3H3,(H,26,28)/b9-4+. The summed E-state index contributed by atoms with van der Waals surface area (Å²) in [5.74, 6) is 2.94. The van der Waals surface area contributed by atoms with Crippen LogP contribution >= 0.6 is 0 Å². The molecule has 0 fully saturated rings. The van der Waals surface area contributed by atoms with E-state index in [1.54, 1.807) is 32.6 Å². The first kappa shape index (κ1) is 21.3. The molecule has 1 aliphatic heterocycles. The molecule has 0 saturated heterocycles. The third-order valence-corrected chi connectivity index (χ3v) is 5.13. The third-order valence-electron chi connectivity index (χ3n) is 5.13. The first-order chi connectivity index (χ1) is 15.6. The minimum Gasteiger partial charge on any atom is -0.497 e. The van der Waals surface area contributed by atoms with Gasteiger partial charge in [0.05, 0.1) is 14.2 Å². The number of ether oxygens (including phenoxy) is 4. The Bertz CT molecular complexity index is 1100. The monoisotopic (exact) mass is 435 g/mol. The summed E-state index contributed by atoms with van der Waals surface area (Å²) in [5, 5.41) is 3.04. The molecular formula is C24H25N3O5. The lowest BCUT2D eigenvalue weighted by atomic mass is 10.1. The van der Waals surface area contributed by atoms with E-state index < -0.39 is 6.04 Å². The predicted octanol–water partition coefficient (Wildman–Crippen LogP) is 3.13. The molecule has 1 amide bonds. The number of amides is 1. The Labute approximate surface area is 186 Å². The fourth-order valence-electron chi connectivity index (χ4n) is 3.50. The van der Waals surface area contributed by atoms with Crippen LogP contribution < -0.4 is 24.3 Å². The number of imidazole rings is 1. The van der Waals surface area contributed by atoms with E-state index in [2.05, 4.69) is 10.3 Å². The van der Waals surface area contributed by atoms with Crippen molar-refractivity contribution in [2.45, 2.75) is 6.04 Å². The topological polar surface area (TPSA) is 83.8 Å². The average Bonchev–Trinajstić information content (AvgIpc) is 3.26. The van der Waals surface area contributed by atoms with Crippen molar-refractivity contribution < 1.29 is 23.7 Å². The summed E-state index contributed by atoms with van der Waals surface area (Å²) in [7, 11) is 5.08. The zero-order valence-corrected chi connectivity index (χ0v) is 18.2. The molecule has 0 aliphatic carbocycles. The molecule has 0 bridgehead atoms. The summed E-state index contributed by atoms with van der Waals surface area (Å²) in [6.45, 7) is 0.942. The second kappa shape index (κ2) is 9.47. The minimum atomic E-state index is -0.423. The lowest BCUT2D eigenvalue weighted by Gasteiger charge is -2.21. The largest absolute Gasteiger partial charge is 0.497 e. The van der Waals surface area contributed by atoms with Crippen molar-refractivity contribution in [2.75, 3.05) is 27.4 Å². The Hall–Kier alpha value is -3.94. The number of carbonyl (C=O) groups is 1. The molecule has 1 atom stereocenters. The highest BCUT2D eigenvalue weighted by Gasteiger charge is 2.21. The summed E-state index contributed by atoms with van der Waals surface area (Å²) >= 11 is 0. The van der Waals surface area contributed by atoms with Gasteiger partial charge in [-0.1, -0.05) is 12.1 Å². The van der Waals surface area contributed by atoms with Gasteiger partial charge in [0.1, 0.15) is 30.8 Å². The molecule has 2 aromatic carbocycles. The number of hydrogen-bond acceptors (Lipinski definition) is 6. The number of fused-ring (bicyclic) bond motifs is 1. The highest BCUT2D eigenvalue weighted by molar-refractivity contribution is 5.92. The van der Waals surface area contributed by atoms with Crippen molar-refractivity contribution >= 4 is 12.0 Å². The van der Waals surface area contributed by atoms with Crippen molar-refractivity contribution in [1.82, 2.24) is 14.9 Å². The smallest absolute Gasteiger partial charge is 0.244 e. The number of carbonyl (C=O) groups excluding carboxylic acids is 1. The lowest BCUT2D eigenvalue weighted by molar-refractivity contribution is -0.117. The van der Waals surface area contributed by atoms with Crippen molar-refractivity contribution in [3.63, 3.8) is 0 Å². The first-order valence-corrected chi connectivity index (χ1v) is 10.2. The second-order valence-corrected chi connectivity index (χ2v) is 7.19. The van der Waals surface area contributed by atoms with Crippen LogP contribution in [0, 0.1) is 0 Å². The zero-order valence-electron chi connectivity index (χ0n) is 18.2. The van der Waals surface area contributed by atoms with Crippen LogP contribution in [-0.2, 0) is 11.8 Å². The summed E-state index contributed by atoms with van der Waals surface area (Å²) < 4.78 is 23.8. The van der Waals surface area contributed by atoms with Crippen molar-refractivity contribution in [1.29, 1.82) is 0 Å². The van der Waals surface area contributed by atoms with E-state index in [-0.39, 0.29) is 5.91 Å². The van der Waals surface area contributed by atoms with Crippen LogP contribution in [0.4, 0.5) is 0 Å². The van der Waals surface area contributed by atoms with Gasteiger partial charge in [-0.3, -0.25) is 4.79 Å². The Morgan fingerprint density at radius 3 is 2.62 bits per heavy atom. The Balaban J connectivity index is 1.56. The summed E-state index contributed by atoms with van der Waals surface area (Å²) in [4.78, 5) is 17.2. The number of benzene rings is 2. The van der Waals surface area contributed by atoms with Gasteiger partial charge in [-0.15, -0.1) is 0 Å². The second-order valence-electron chi connectivity index (χ2n) is 7.19. The number of aryl methyl sites for hydroxylation is 1. The van der Waals surface area contributed by atoms with E-state index in [4.69, 9.17) is 18.9 Å². The maximum Gasteiger partial charge on any atom is 0.244 e. The summed E-state index contributed by atoms with van der Waals surface area (Å²) in [6, 6.07) is 10.7. The molecule has 1 aromatic heterocycles. The Morgan fingerprint density at radius 1 is 1.16 bits per heavy atom. The third kappa shape index (κ3) is 4.54. The molecule has 8 nitrogen and oxygen atoms in total. The minimum absolute atomic E-state index is 0.261. The quantitative estimate of drug-likeness (QED) is 0.574. The van der Waals surface area contributed by atoms with Crippen molar-refractivity contribution in [3.05, 3.63) is 71.8 Å². The number of nitrogens with one attached hydrogen (secondary N) is 1. The van der Waals surface area contributed by atoms with Gasteiger partial charge in [-0.25, -0.2) is 4.98 Å². The van der Waals surface area contributed by atoms with E-state index in [0.29, 0.717) is 30.5 Å². The molecule has 3 aromatic rings. The molecule has 166 valence electrons. The van der Waals surface area contributed by atoms with E-state index in [1.807, 2.05) is 48.1 Å². The number of hydrogen-bond donors (Lipinski definition) is 1. The Morgan fingerprint density at radius 2 is 1.94 bits per heavy atom. The maximum absolute atomic E-state index is 12.8. The van der Waals surface area contributed by atoms with Gasteiger partial charge in [-0.2, -0.15) is 0 Å². The van der Waals surface area contributed by atoms with Gasteiger partial charge in [0, 0.05) is 25.5 Å². The fraction of sp³-hybridized carbons (Fsp3) is 0.250. The van der Waals surface area contributed by atoms with E-state index in [9.17, 15) is 4.79 Å². The van der Waals surface area contributed by atoms with Crippen LogP contribution in [-0.4, -0.2) is 42.9 Å². The van der Waals surface area contributed by atoms with Gasteiger partial charge in [0.2, 0.25) is 11.7 Å².